The number of carbonyl (C=O) groups is 2. The Kier molecular flexibility index (Phi) is 5.10. The number of esters is 1. The summed E-state index contributed by atoms with van der Waals surface area (Å²) in [5.41, 5.74) is 1.38. The SMILES string of the molecule is CCOC(=O)C1CCN(C(=O)C2CN(c3ncnc4c3nnn4CC)C2)CC1. The molecule has 2 fully saturated rings. The molecule has 0 saturated carbocycles. The van der Waals surface area contributed by atoms with Gasteiger partial charge in [-0.15, -0.1) is 5.10 Å². The Balaban J connectivity index is 1.34. The second-order valence-corrected chi connectivity index (χ2v) is 7.23. The first-order valence-corrected chi connectivity index (χ1v) is 9.86. The van der Waals surface area contributed by atoms with Crippen molar-refractivity contribution in [3.63, 3.8) is 0 Å². The van der Waals surface area contributed by atoms with E-state index in [4.69, 9.17) is 4.74 Å². The summed E-state index contributed by atoms with van der Waals surface area (Å²) >= 11 is 0. The summed E-state index contributed by atoms with van der Waals surface area (Å²) in [5.74, 6) is 0.607. The van der Waals surface area contributed by atoms with Crippen LogP contribution >= 0.6 is 0 Å². The minimum atomic E-state index is -0.141. The van der Waals surface area contributed by atoms with Gasteiger partial charge in [-0.3, -0.25) is 9.59 Å². The van der Waals surface area contributed by atoms with Gasteiger partial charge in [-0.2, -0.15) is 0 Å². The van der Waals surface area contributed by atoms with Gasteiger partial charge in [-0.05, 0) is 26.7 Å². The van der Waals surface area contributed by atoms with E-state index < -0.39 is 0 Å². The minimum absolute atomic E-state index is 0.0506. The fraction of sp³-hybridized carbons (Fsp3) is 0.667. The van der Waals surface area contributed by atoms with Crippen molar-refractivity contribution in [2.24, 2.45) is 11.8 Å². The van der Waals surface area contributed by atoms with E-state index in [1.807, 2.05) is 23.6 Å². The third kappa shape index (κ3) is 3.27. The largest absolute Gasteiger partial charge is 0.466 e. The molecule has 2 aliphatic heterocycles. The lowest BCUT2D eigenvalue weighted by Crippen LogP contribution is -2.56. The highest BCUT2D eigenvalue weighted by atomic mass is 16.5. The second kappa shape index (κ2) is 7.69. The summed E-state index contributed by atoms with van der Waals surface area (Å²) in [7, 11) is 0. The normalized spacial score (nSPS) is 18.4. The van der Waals surface area contributed by atoms with Crippen LogP contribution in [0.4, 0.5) is 5.82 Å². The van der Waals surface area contributed by atoms with Crippen LogP contribution in [0, 0.1) is 11.8 Å². The van der Waals surface area contributed by atoms with Crippen molar-refractivity contribution in [3.8, 4) is 0 Å². The molecule has 0 atom stereocenters. The Hall–Kier alpha value is -2.78. The first-order valence-electron chi connectivity index (χ1n) is 9.86. The molecule has 0 aromatic carbocycles. The molecule has 150 valence electrons. The van der Waals surface area contributed by atoms with Gasteiger partial charge in [0.1, 0.15) is 6.33 Å². The second-order valence-electron chi connectivity index (χ2n) is 7.23. The average Bonchev–Trinajstić information content (AvgIpc) is 3.11. The molecular weight excluding hydrogens is 362 g/mol. The summed E-state index contributed by atoms with van der Waals surface area (Å²) in [5, 5.41) is 8.30. The zero-order chi connectivity index (χ0) is 19.7. The Bertz CT molecular complexity index is 869. The van der Waals surface area contributed by atoms with Gasteiger partial charge >= 0.3 is 5.97 Å². The predicted octanol–water partition coefficient (Wildman–Crippen LogP) is 0.479. The molecule has 0 spiro atoms. The number of likely N-dealkylation sites (tertiary alicyclic amines) is 1. The number of aromatic nitrogens is 5. The van der Waals surface area contributed by atoms with Crippen molar-refractivity contribution in [1.29, 1.82) is 0 Å². The molecule has 28 heavy (non-hydrogen) atoms. The molecule has 0 N–H and O–H groups in total. The number of nitrogens with zero attached hydrogens (tertiary/aromatic N) is 7. The molecule has 10 heteroatoms. The Labute approximate surface area is 162 Å². The van der Waals surface area contributed by atoms with E-state index in [0.717, 1.165) is 5.82 Å². The Morgan fingerprint density at radius 2 is 1.89 bits per heavy atom. The predicted molar refractivity (Wildman–Crippen MR) is 100 cm³/mol. The molecule has 0 bridgehead atoms. The van der Waals surface area contributed by atoms with Crippen LogP contribution in [0.25, 0.3) is 11.2 Å². The van der Waals surface area contributed by atoms with Gasteiger partial charge in [0.2, 0.25) is 5.91 Å². The molecule has 4 heterocycles. The van der Waals surface area contributed by atoms with Crippen molar-refractivity contribution in [3.05, 3.63) is 6.33 Å². The van der Waals surface area contributed by atoms with E-state index in [1.165, 1.54) is 6.33 Å². The van der Waals surface area contributed by atoms with Gasteiger partial charge in [0.25, 0.3) is 0 Å². The van der Waals surface area contributed by atoms with Gasteiger partial charge in [0, 0.05) is 32.7 Å². The first kappa shape index (κ1) is 18.6. The monoisotopic (exact) mass is 387 g/mol. The summed E-state index contributed by atoms with van der Waals surface area (Å²) in [6.07, 6.45) is 2.86. The molecule has 0 unspecified atom stereocenters. The summed E-state index contributed by atoms with van der Waals surface area (Å²) in [6, 6.07) is 0. The number of hydrogen-bond acceptors (Lipinski definition) is 8. The standard InChI is InChI=1S/C18H25N7O3/c1-3-25-16-14(21-22-25)15(19-11-20-16)24-9-13(10-24)17(26)23-7-5-12(6-8-23)18(27)28-4-2/h11-13H,3-10H2,1-2H3. The van der Waals surface area contributed by atoms with Crippen molar-refractivity contribution in [2.75, 3.05) is 37.7 Å². The van der Waals surface area contributed by atoms with Gasteiger partial charge in [0.15, 0.2) is 17.0 Å². The fourth-order valence-corrected chi connectivity index (χ4v) is 3.89. The average molecular weight is 387 g/mol. The van der Waals surface area contributed by atoms with E-state index >= 15 is 0 Å². The van der Waals surface area contributed by atoms with E-state index in [2.05, 4.69) is 20.3 Å². The number of anilines is 1. The number of ether oxygens (including phenoxy) is 1. The first-order chi connectivity index (χ1) is 13.6. The van der Waals surface area contributed by atoms with Crippen LogP contribution in [0.5, 0.6) is 0 Å². The van der Waals surface area contributed by atoms with Crippen LogP contribution in [0.3, 0.4) is 0 Å². The van der Waals surface area contributed by atoms with Crippen LogP contribution in [0.2, 0.25) is 0 Å². The molecule has 2 aliphatic rings. The lowest BCUT2D eigenvalue weighted by atomic mass is 9.93. The highest BCUT2D eigenvalue weighted by molar-refractivity contribution is 5.86. The number of carbonyl (C=O) groups excluding carboxylic acids is 2. The smallest absolute Gasteiger partial charge is 0.309 e. The van der Waals surface area contributed by atoms with E-state index in [1.54, 1.807) is 4.68 Å². The van der Waals surface area contributed by atoms with Gasteiger partial charge in [0.05, 0.1) is 18.4 Å². The number of hydrogen-bond donors (Lipinski definition) is 0. The lowest BCUT2D eigenvalue weighted by Gasteiger charge is -2.42. The van der Waals surface area contributed by atoms with Crippen LogP contribution in [0.15, 0.2) is 6.33 Å². The number of fused-ring (bicyclic) bond motifs is 1. The number of aryl methyl sites for hydroxylation is 1. The van der Waals surface area contributed by atoms with Crippen molar-refractivity contribution in [1.82, 2.24) is 29.9 Å². The van der Waals surface area contributed by atoms with E-state index in [-0.39, 0.29) is 23.7 Å². The van der Waals surface area contributed by atoms with Crippen LogP contribution < -0.4 is 4.90 Å². The highest BCUT2D eigenvalue weighted by Gasteiger charge is 2.39. The Morgan fingerprint density at radius 3 is 2.57 bits per heavy atom. The Morgan fingerprint density at radius 1 is 1.14 bits per heavy atom. The molecule has 2 saturated heterocycles. The van der Waals surface area contributed by atoms with Crippen LogP contribution in [0.1, 0.15) is 26.7 Å². The van der Waals surface area contributed by atoms with Crippen LogP contribution in [-0.4, -0.2) is 74.5 Å². The quantitative estimate of drug-likeness (QED) is 0.682. The van der Waals surface area contributed by atoms with Gasteiger partial charge in [-0.25, -0.2) is 14.6 Å². The zero-order valence-corrected chi connectivity index (χ0v) is 16.2. The van der Waals surface area contributed by atoms with Crippen molar-refractivity contribution >= 4 is 28.9 Å². The maximum atomic E-state index is 12.8. The van der Waals surface area contributed by atoms with Crippen LogP contribution in [-0.2, 0) is 20.9 Å². The highest BCUT2D eigenvalue weighted by Crippen LogP contribution is 2.29. The summed E-state index contributed by atoms with van der Waals surface area (Å²) in [4.78, 5) is 37.2. The number of piperidine rings is 1. The zero-order valence-electron chi connectivity index (χ0n) is 16.2. The number of amides is 1. The number of rotatable bonds is 5. The fourth-order valence-electron chi connectivity index (χ4n) is 3.89. The third-order valence-corrected chi connectivity index (χ3v) is 5.54. The van der Waals surface area contributed by atoms with Gasteiger partial charge < -0.3 is 14.5 Å². The molecule has 0 aliphatic carbocycles. The minimum Gasteiger partial charge on any atom is -0.466 e. The van der Waals surface area contributed by atoms with Crippen molar-refractivity contribution < 1.29 is 14.3 Å². The molecule has 4 rings (SSSR count). The molecule has 10 nitrogen and oxygen atoms in total. The molecule has 2 aromatic heterocycles. The molecule has 0 radical (unpaired) electrons. The van der Waals surface area contributed by atoms with Gasteiger partial charge in [-0.1, -0.05) is 5.21 Å². The maximum Gasteiger partial charge on any atom is 0.309 e. The third-order valence-electron chi connectivity index (χ3n) is 5.54. The maximum absolute atomic E-state index is 12.8. The molecule has 1 amide bonds. The van der Waals surface area contributed by atoms with E-state index in [0.29, 0.717) is 63.3 Å². The van der Waals surface area contributed by atoms with E-state index in [9.17, 15) is 9.59 Å². The molecular formula is C18H25N7O3. The lowest BCUT2D eigenvalue weighted by molar-refractivity contribution is -0.152. The molecule has 2 aromatic rings. The van der Waals surface area contributed by atoms with Crippen molar-refractivity contribution in [2.45, 2.75) is 33.2 Å². The topological polar surface area (TPSA) is 106 Å². The summed E-state index contributed by atoms with van der Waals surface area (Å²) < 4.78 is 6.82. The summed E-state index contributed by atoms with van der Waals surface area (Å²) in [6.45, 7) is 7.34.